The van der Waals surface area contributed by atoms with E-state index in [1.807, 2.05) is 44.2 Å². The molecule has 0 saturated heterocycles. The van der Waals surface area contributed by atoms with E-state index in [2.05, 4.69) is 10.9 Å². The predicted octanol–water partition coefficient (Wildman–Crippen LogP) is 2.41. The average molecular weight is 358 g/mol. The molecule has 138 valence electrons. The van der Waals surface area contributed by atoms with Gasteiger partial charge in [-0.05, 0) is 23.6 Å². The van der Waals surface area contributed by atoms with Crippen LogP contribution < -0.4 is 10.9 Å². The smallest absolute Gasteiger partial charge is 0.314 e. The molecule has 0 aliphatic rings. The molecule has 0 unspecified atom stereocenters. The first kappa shape index (κ1) is 19.2. The highest BCUT2D eigenvalue weighted by Crippen LogP contribution is 2.28. The summed E-state index contributed by atoms with van der Waals surface area (Å²) in [5.74, 6) is -2.05. The van der Waals surface area contributed by atoms with Gasteiger partial charge >= 0.3 is 11.9 Å². The first-order valence-electron chi connectivity index (χ1n) is 8.37. The van der Waals surface area contributed by atoms with E-state index in [-0.39, 0.29) is 11.7 Å². The summed E-state index contributed by atoms with van der Waals surface area (Å²) in [4.78, 5) is 35.9. The molecule has 0 aliphatic heterocycles. The van der Waals surface area contributed by atoms with Crippen LogP contribution in [0.4, 0.5) is 0 Å². The van der Waals surface area contributed by atoms with Crippen molar-refractivity contribution in [1.29, 1.82) is 0 Å². The van der Waals surface area contributed by atoms with Crippen molar-refractivity contribution >= 4 is 17.8 Å². The maximum absolute atomic E-state index is 12.5. The normalized spacial score (nSPS) is 12.7. The van der Waals surface area contributed by atoms with Gasteiger partial charge < -0.3 is 9.15 Å². The topological polar surface area (TPSA) is 97.6 Å². The number of furan rings is 1. The Bertz CT molecular complexity index is 728. The van der Waals surface area contributed by atoms with Crippen molar-refractivity contribution in [2.75, 3.05) is 6.61 Å². The van der Waals surface area contributed by atoms with Gasteiger partial charge in [0.25, 0.3) is 5.91 Å². The van der Waals surface area contributed by atoms with Gasteiger partial charge in [0.05, 0.1) is 12.2 Å². The molecule has 7 nitrogen and oxygen atoms in total. The number of carbonyl (C=O) groups excluding carboxylic acids is 3. The number of hydrogen-bond donors (Lipinski definition) is 2. The number of hydrogen-bond acceptors (Lipinski definition) is 5. The van der Waals surface area contributed by atoms with E-state index in [9.17, 15) is 14.4 Å². The van der Waals surface area contributed by atoms with Gasteiger partial charge in [-0.3, -0.25) is 25.2 Å². The molecule has 0 saturated carbocycles. The van der Waals surface area contributed by atoms with E-state index < -0.39 is 30.3 Å². The Kier molecular flexibility index (Phi) is 6.96. The highest BCUT2D eigenvalue weighted by Gasteiger charge is 2.27. The number of rotatable bonds is 7. The minimum Gasteiger partial charge on any atom is -0.459 e. The van der Waals surface area contributed by atoms with Gasteiger partial charge in [-0.25, -0.2) is 0 Å². The summed E-state index contributed by atoms with van der Waals surface area (Å²) in [5, 5.41) is 0. The van der Waals surface area contributed by atoms with E-state index in [4.69, 9.17) is 9.15 Å². The third kappa shape index (κ3) is 5.20. The third-order valence-corrected chi connectivity index (χ3v) is 4.03. The second kappa shape index (κ2) is 9.41. The zero-order valence-electron chi connectivity index (χ0n) is 14.7. The highest BCUT2D eigenvalue weighted by molar-refractivity contribution is 5.93. The van der Waals surface area contributed by atoms with E-state index >= 15 is 0 Å². The summed E-state index contributed by atoms with van der Waals surface area (Å²) < 4.78 is 10.0. The summed E-state index contributed by atoms with van der Waals surface area (Å²) in [6, 6.07) is 12.3. The second-order valence-electron chi connectivity index (χ2n) is 5.86. The van der Waals surface area contributed by atoms with E-state index in [1.54, 1.807) is 6.07 Å². The lowest BCUT2D eigenvalue weighted by atomic mass is 9.86. The molecule has 2 atom stereocenters. The van der Waals surface area contributed by atoms with Crippen LogP contribution in [0, 0.1) is 5.92 Å². The van der Waals surface area contributed by atoms with Crippen molar-refractivity contribution in [3.8, 4) is 0 Å². The molecule has 1 heterocycles. The lowest BCUT2D eigenvalue weighted by molar-refractivity contribution is -0.151. The van der Waals surface area contributed by atoms with Crippen LogP contribution in [0.1, 0.15) is 42.3 Å². The molecule has 1 aromatic carbocycles. The van der Waals surface area contributed by atoms with Gasteiger partial charge in [0.15, 0.2) is 12.4 Å². The molecule has 2 amide bonds. The molecule has 0 radical (unpaired) electrons. The molecular formula is C19H22N2O5. The minimum atomic E-state index is -0.644. The monoisotopic (exact) mass is 358 g/mol. The molecule has 2 aromatic rings. The molecule has 2 N–H and O–H groups in total. The third-order valence-electron chi connectivity index (χ3n) is 4.03. The quantitative estimate of drug-likeness (QED) is 0.585. The van der Waals surface area contributed by atoms with Gasteiger partial charge in [0.1, 0.15) is 0 Å². The zero-order valence-corrected chi connectivity index (χ0v) is 14.7. The summed E-state index contributed by atoms with van der Waals surface area (Å²) in [6.45, 7) is 3.46. The van der Waals surface area contributed by atoms with Gasteiger partial charge in [-0.15, -0.1) is 0 Å². The standard InChI is InChI=1S/C19H22N2O5/c1-3-13(2)17(14-8-5-4-6-9-14)19(24)26-12-16(22)20-21-18(23)15-10-7-11-25-15/h4-11,13,17H,3,12H2,1-2H3,(H,20,22)(H,21,23)/t13-,17+/m1/s1. The SMILES string of the molecule is CC[C@@H](C)[C@H](C(=O)OCC(=O)NNC(=O)c1ccco1)c1ccccc1. The Balaban J connectivity index is 1.87. The fourth-order valence-corrected chi connectivity index (χ4v) is 2.45. The van der Waals surface area contributed by atoms with Gasteiger partial charge in [0, 0.05) is 0 Å². The summed E-state index contributed by atoms with van der Waals surface area (Å²) in [6.07, 6.45) is 2.14. The Hall–Kier alpha value is -3.09. The molecule has 1 aromatic heterocycles. The molecule has 7 heteroatoms. The van der Waals surface area contributed by atoms with Crippen LogP contribution in [-0.4, -0.2) is 24.4 Å². The number of esters is 1. The van der Waals surface area contributed by atoms with Crippen LogP contribution in [0.15, 0.2) is 53.1 Å². The van der Waals surface area contributed by atoms with Gasteiger partial charge in [-0.1, -0.05) is 50.6 Å². The van der Waals surface area contributed by atoms with Crippen molar-refractivity contribution in [2.45, 2.75) is 26.2 Å². The van der Waals surface area contributed by atoms with Crippen LogP contribution in [-0.2, 0) is 14.3 Å². The van der Waals surface area contributed by atoms with Crippen LogP contribution in [0.2, 0.25) is 0 Å². The molecular weight excluding hydrogens is 336 g/mol. The lowest BCUT2D eigenvalue weighted by Crippen LogP contribution is -2.43. The van der Waals surface area contributed by atoms with E-state index in [0.717, 1.165) is 12.0 Å². The summed E-state index contributed by atoms with van der Waals surface area (Å²) in [7, 11) is 0. The molecule has 0 spiro atoms. The summed E-state index contributed by atoms with van der Waals surface area (Å²) >= 11 is 0. The number of nitrogens with one attached hydrogen (secondary N) is 2. The Morgan fingerprint density at radius 1 is 1.08 bits per heavy atom. The van der Waals surface area contributed by atoms with Crippen LogP contribution in [0.5, 0.6) is 0 Å². The number of hydrazine groups is 1. The molecule has 0 bridgehead atoms. The Labute approximate surface area is 151 Å². The average Bonchev–Trinajstić information content (AvgIpc) is 3.20. The van der Waals surface area contributed by atoms with Crippen molar-refractivity contribution in [3.05, 3.63) is 60.1 Å². The Morgan fingerprint density at radius 2 is 1.81 bits per heavy atom. The number of carbonyl (C=O) groups is 3. The zero-order chi connectivity index (χ0) is 18.9. The maximum atomic E-state index is 12.5. The van der Waals surface area contributed by atoms with E-state index in [0.29, 0.717) is 0 Å². The first-order valence-corrected chi connectivity index (χ1v) is 8.37. The lowest BCUT2D eigenvalue weighted by Gasteiger charge is -2.21. The van der Waals surface area contributed by atoms with Crippen LogP contribution >= 0.6 is 0 Å². The van der Waals surface area contributed by atoms with Crippen molar-refractivity contribution < 1.29 is 23.5 Å². The molecule has 0 fully saturated rings. The van der Waals surface area contributed by atoms with Crippen LogP contribution in [0.25, 0.3) is 0 Å². The Morgan fingerprint density at radius 3 is 2.42 bits per heavy atom. The minimum absolute atomic E-state index is 0.0585. The van der Waals surface area contributed by atoms with Crippen molar-refractivity contribution in [1.82, 2.24) is 10.9 Å². The fourth-order valence-electron chi connectivity index (χ4n) is 2.45. The first-order chi connectivity index (χ1) is 12.5. The van der Waals surface area contributed by atoms with Gasteiger partial charge in [0.2, 0.25) is 0 Å². The van der Waals surface area contributed by atoms with Crippen molar-refractivity contribution in [3.63, 3.8) is 0 Å². The highest BCUT2D eigenvalue weighted by atomic mass is 16.5. The molecule has 2 rings (SSSR count). The number of ether oxygens (including phenoxy) is 1. The number of amides is 2. The van der Waals surface area contributed by atoms with E-state index in [1.165, 1.54) is 12.3 Å². The van der Waals surface area contributed by atoms with Crippen molar-refractivity contribution in [2.24, 2.45) is 5.92 Å². The fraction of sp³-hybridized carbons (Fsp3) is 0.316. The number of benzene rings is 1. The predicted molar refractivity (Wildman–Crippen MR) is 93.9 cm³/mol. The summed E-state index contributed by atoms with van der Waals surface area (Å²) in [5.41, 5.74) is 5.20. The largest absolute Gasteiger partial charge is 0.459 e. The second-order valence-corrected chi connectivity index (χ2v) is 5.86. The molecule has 26 heavy (non-hydrogen) atoms. The maximum Gasteiger partial charge on any atom is 0.314 e. The van der Waals surface area contributed by atoms with Crippen LogP contribution in [0.3, 0.4) is 0 Å². The van der Waals surface area contributed by atoms with Gasteiger partial charge in [-0.2, -0.15) is 0 Å². The molecule has 0 aliphatic carbocycles.